The molecule has 0 atom stereocenters. The van der Waals surface area contributed by atoms with Gasteiger partial charge < -0.3 is 20.5 Å². The van der Waals surface area contributed by atoms with Crippen molar-refractivity contribution in [3.05, 3.63) is 24.3 Å². The van der Waals surface area contributed by atoms with Crippen LogP contribution < -0.4 is 15.8 Å². The third kappa shape index (κ3) is 6.10. The van der Waals surface area contributed by atoms with Crippen LogP contribution in [-0.4, -0.2) is 31.3 Å². The lowest BCUT2D eigenvalue weighted by Crippen LogP contribution is -2.42. The van der Waals surface area contributed by atoms with Crippen molar-refractivity contribution >= 4 is 11.6 Å². The molecule has 0 spiro atoms. The molecule has 0 heterocycles. The Balaban J connectivity index is 2.30. The SMILES string of the molecule is CCOC(C)(C)CNC(=O)COc1ccc(N)cc1. The van der Waals surface area contributed by atoms with Crippen LogP contribution in [-0.2, 0) is 9.53 Å². The van der Waals surface area contributed by atoms with E-state index in [0.29, 0.717) is 24.6 Å². The Hall–Kier alpha value is -1.75. The molecule has 0 aliphatic heterocycles. The molecule has 0 unspecified atom stereocenters. The molecule has 0 saturated carbocycles. The molecular weight excluding hydrogens is 244 g/mol. The standard InChI is InChI=1S/C14H22N2O3/c1-4-19-14(2,3)10-16-13(17)9-18-12-7-5-11(15)6-8-12/h5-8H,4,9-10,15H2,1-3H3,(H,16,17). The zero-order valence-electron chi connectivity index (χ0n) is 11.7. The summed E-state index contributed by atoms with van der Waals surface area (Å²) >= 11 is 0. The maximum Gasteiger partial charge on any atom is 0.258 e. The van der Waals surface area contributed by atoms with Gasteiger partial charge in [-0.05, 0) is 45.0 Å². The van der Waals surface area contributed by atoms with Crippen LogP contribution in [0.1, 0.15) is 20.8 Å². The zero-order valence-corrected chi connectivity index (χ0v) is 11.7. The minimum absolute atomic E-state index is 0.0217. The molecule has 1 aromatic carbocycles. The number of nitrogen functional groups attached to an aromatic ring is 1. The number of ether oxygens (including phenoxy) is 2. The Kier molecular flexibility index (Phi) is 5.63. The monoisotopic (exact) mass is 266 g/mol. The second-order valence-electron chi connectivity index (χ2n) is 4.83. The third-order valence-electron chi connectivity index (χ3n) is 2.50. The molecule has 19 heavy (non-hydrogen) atoms. The number of hydrogen-bond acceptors (Lipinski definition) is 4. The molecule has 0 aliphatic rings. The highest BCUT2D eigenvalue weighted by atomic mass is 16.5. The Labute approximate surface area is 114 Å². The van der Waals surface area contributed by atoms with Gasteiger partial charge in [0.05, 0.1) is 5.60 Å². The molecule has 0 bridgehead atoms. The smallest absolute Gasteiger partial charge is 0.258 e. The maximum atomic E-state index is 11.6. The molecule has 0 saturated heterocycles. The van der Waals surface area contributed by atoms with Crippen LogP contribution in [0.25, 0.3) is 0 Å². The Morgan fingerprint density at radius 2 is 1.95 bits per heavy atom. The molecule has 1 aromatic rings. The minimum Gasteiger partial charge on any atom is -0.484 e. The molecule has 1 amide bonds. The Morgan fingerprint density at radius 1 is 1.32 bits per heavy atom. The van der Waals surface area contributed by atoms with Crippen LogP contribution in [0, 0.1) is 0 Å². The van der Waals surface area contributed by atoms with Gasteiger partial charge in [-0.25, -0.2) is 0 Å². The first kappa shape index (κ1) is 15.3. The van der Waals surface area contributed by atoms with E-state index in [1.165, 1.54) is 0 Å². The lowest BCUT2D eigenvalue weighted by Gasteiger charge is -2.24. The number of benzene rings is 1. The van der Waals surface area contributed by atoms with Gasteiger partial charge in [0.1, 0.15) is 5.75 Å². The molecule has 5 heteroatoms. The summed E-state index contributed by atoms with van der Waals surface area (Å²) < 4.78 is 10.8. The summed E-state index contributed by atoms with van der Waals surface area (Å²) in [6.07, 6.45) is 0. The topological polar surface area (TPSA) is 73.6 Å². The van der Waals surface area contributed by atoms with Gasteiger partial charge in [0, 0.05) is 18.8 Å². The number of rotatable bonds is 7. The quantitative estimate of drug-likeness (QED) is 0.735. The lowest BCUT2D eigenvalue weighted by atomic mass is 10.1. The van der Waals surface area contributed by atoms with Crippen LogP contribution in [0.2, 0.25) is 0 Å². The van der Waals surface area contributed by atoms with E-state index in [1.807, 2.05) is 20.8 Å². The van der Waals surface area contributed by atoms with Gasteiger partial charge in [-0.3, -0.25) is 4.79 Å². The second-order valence-corrected chi connectivity index (χ2v) is 4.83. The van der Waals surface area contributed by atoms with Crippen molar-refractivity contribution in [3.63, 3.8) is 0 Å². The molecule has 106 valence electrons. The van der Waals surface area contributed by atoms with Gasteiger partial charge in [-0.2, -0.15) is 0 Å². The van der Waals surface area contributed by atoms with Gasteiger partial charge >= 0.3 is 0 Å². The molecule has 1 rings (SSSR count). The molecule has 0 fully saturated rings. The van der Waals surface area contributed by atoms with E-state index in [2.05, 4.69) is 5.32 Å². The van der Waals surface area contributed by atoms with Crippen molar-refractivity contribution in [2.45, 2.75) is 26.4 Å². The van der Waals surface area contributed by atoms with Crippen molar-refractivity contribution in [3.8, 4) is 5.75 Å². The van der Waals surface area contributed by atoms with E-state index in [-0.39, 0.29) is 18.1 Å². The van der Waals surface area contributed by atoms with Gasteiger partial charge in [0.15, 0.2) is 6.61 Å². The summed E-state index contributed by atoms with van der Waals surface area (Å²) in [6, 6.07) is 6.91. The molecular formula is C14H22N2O3. The van der Waals surface area contributed by atoms with Crippen molar-refractivity contribution in [1.82, 2.24) is 5.32 Å². The summed E-state index contributed by atoms with van der Waals surface area (Å²) in [7, 11) is 0. The van der Waals surface area contributed by atoms with E-state index < -0.39 is 0 Å². The first-order valence-electron chi connectivity index (χ1n) is 6.32. The summed E-state index contributed by atoms with van der Waals surface area (Å²) in [5.41, 5.74) is 5.85. The zero-order chi connectivity index (χ0) is 14.3. The van der Waals surface area contributed by atoms with E-state index in [9.17, 15) is 4.79 Å². The van der Waals surface area contributed by atoms with Crippen molar-refractivity contribution < 1.29 is 14.3 Å². The number of anilines is 1. The number of hydrogen-bond donors (Lipinski definition) is 2. The number of carbonyl (C=O) groups is 1. The lowest BCUT2D eigenvalue weighted by molar-refractivity contribution is -0.124. The largest absolute Gasteiger partial charge is 0.484 e. The predicted molar refractivity (Wildman–Crippen MR) is 75.1 cm³/mol. The first-order valence-corrected chi connectivity index (χ1v) is 6.32. The average molecular weight is 266 g/mol. The van der Waals surface area contributed by atoms with Crippen LogP contribution >= 0.6 is 0 Å². The van der Waals surface area contributed by atoms with Crippen molar-refractivity contribution in [1.29, 1.82) is 0 Å². The highest BCUT2D eigenvalue weighted by Gasteiger charge is 2.18. The number of carbonyl (C=O) groups excluding carboxylic acids is 1. The maximum absolute atomic E-state index is 11.6. The van der Waals surface area contributed by atoms with E-state index >= 15 is 0 Å². The molecule has 0 radical (unpaired) electrons. The average Bonchev–Trinajstić information content (AvgIpc) is 2.36. The van der Waals surface area contributed by atoms with Crippen LogP contribution in [0.3, 0.4) is 0 Å². The summed E-state index contributed by atoms with van der Waals surface area (Å²) in [5.74, 6) is 0.443. The molecule has 0 aromatic heterocycles. The fourth-order valence-electron chi connectivity index (χ4n) is 1.52. The van der Waals surface area contributed by atoms with Crippen LogP contribution in [0.5, 0.6) is 5.75 Å². The number of nitrogens with one attached hydrogen (secondary N) is 1. The fraction of sp³-hybridized carbons (Fsp3) is 0.500. The van der Waals surface area contributed by atoms with Gasteiger partial charge in [-0.1, -0.05) is 0 Å². The van der Waals surface area contributed by atoms with Gasteiger partial charge in [-0.15, -0.1) is 0 Å². The molecule has 5 nitrogen and oxygen atoms in total. The Bertz CT molecular complexity index is 402. The fourth-order valence-corrected chi connectivity index (χ4v) is 1.52. The predicted octanol–water partition coefficient (Wildman–Crippen LogP) is 1.58. The number of amides is 1. The Morgan fingerprint density at radius 3 is 2.53 bits per heavy atom. The summed E-state index contributed by atoms with van der Waals surface area (Å²) in [6.45, 7) is 6.82. The second kappa shape index (κ2) is 6.99. The first-order chi connectivity index (χ1) is 8.93. The van der Waals surface area contributed by atoms with Crippen molar-refractivity contribution in [2.75, 3.05) is 25.5 Å². The summed E-state index contributed by atoms with van der Waals surface area (Å²) in [4.78, 5) is 11.6. The van der Waals surface area contributed by atoms with E-state index in [4.69, 9.17) is 15.2 Å². The normalized spacial score (nSPS) is 11.1. The van der Waals surface area contributed by atoms with E-state index in [1.54, 1.807) is 24.3 Å². The van der Waals surface area contributed by atoms with Gasteiger partial charge in [0.25, 0.3) is 5.91 Å². The summed E-state index contributed by atoms with van der Waals surface area (Å²) in [5, 5.41) is 2.78. The van der Waals surface area contributed by atoms with E-state index in [0.717, 1.165) is 0 Å². The van der Waals surface area contributed by atoms with Crippen LogP contribution in [0.15, 0.2) is 24.3 Å². The minimum atomic E-state index is -0.369. The molecule has 3 N–H and O–H groups in total. The highest BCUT2D eigenvalue weighted by Crippen LogP contribution is 2.12. The molecule has 0 aliphatic carbocycles. The van der Waals surface area contributed by atoms with Gasteiger partial charge in [0.2, 0.25) is 0 Å². The number of nitrogens with two attached hydrogens (primary N) is 1. The van der Waals surface area contributed by atoms with Crippen molar-refractivity contribution in [2.24, 2.45) is 0 Å². The third-order valence-corrected chi connectivity index (χ3v) is 2.50. The van der Waals surface area contributed by atoms with Crippen LogP contribution in [0.4, 0.5) is 5.69 Å². The highest BCUT2D eigenvalue weighted by molar-refractivity contribution is 5.77.